The van der Waals surface area contributed by atoms with Gasteiger partial charge >= 0.3 is 5.97 Å². The van der Waals surface area contributed by atoms with Crippen LogP contribution in [0.3, 0.4) is 0 Å². The number of anilines is 1. The van der Waals surface area contributed by atoms with Crippen molar-refractivity contribution >= 4 is 11.7 Å². The number of nitrogen functional groups attached to an aromatic ring is 1. The standard InChI is InChI=1S/C17H19NO3/c1-20-15-11-5-10-14(18)16(15)17(19)21-12-6-9-13-7-3-2-4-8-13/h2-5,7-8,10-11H,6,9,12,18H2,1H3. The Balaban J connectivity index is 1.88. The number of ether oxygens (including phenoxy) is 2. The van der Waals surface area contributed by atoms with E-state index in [2.05, 4.69) is 12.1 Å². The molecule has 2 aromatic carbocycles. The first-order valence-corrected chi connectivity index (χ1v) is 6.86. The second-order valence-electron chi connectivity index (χ2n) is 4.65. The largest absolute Gasteiger partial charge is 0.496 e. The van der Waals surface area contributed by atoms with Gasteiger partial charge in [0, 0.05) is 5.69 Å². The summed E-state index contributed by atoms with van der Waals surface area (Å²) < 4.78 is 10.4. The number of rotatable bonds is 6. The third-order valence-corrected chi connectivity index (χ3v) is 3.17. The molecule has 0 radical (unpaired) electrons. The van der Waals surface area contributed by atoms with Crippen molar-refractivity contribution in [2.24, 2.45) is 0 Å². The maximum Gasteiger partial charge on any atom is 0.344 e. The predicted octanol–water partition coefficient (Wildman–Crippen LogP) is 3.07. The highest BCUT2D eigenvalue weighted by Crippen LogP contribution is 2.24. The van der Waals surface area contributed by atoms with Gasteiger partial charge in [-0.05, 0) is 30.5 Å². The van der Waals surface area contributed by atoms with Crippen molar-refractivity contribution in [3.05, 3.63) is 59.7 Å². The second kappa shape index (κ2) is 7.33. The quantitative estimate of drug-likeness (QED) is 0.503. The molecule has 0 aliphatic heterocycles. The van der Waals surface area contributed by atoms with E-state index in [1.165, 1.54) is 12.7 Å². The Morgan fingerprint density at radius 2 is 1.86 bits per heavy atom. The summed E-state index contributed by atoms with van der Waals surface area (Å²) in [7, 11) is 1.50. The fraction of sp³-hybridized carbons (Fsp3) is 0.235. The molecule has 4 heteroatoms. The van der Waals surface area contributed by atoms with Gasteiger partial charge < -0.3 is 15.2 Å². The van der Waals surface area contributed by atoms with Gasteiger partial charge in [0.2, 0.25) is 0 Å². The summed E-state index contributed by atoms with van der Waals surface area (Å²) in [6.07, 6.45) is 1.64. The maximum atomic E-state index is 12.1. The molecule has 4 nitrogen and oxygen atoms in total. The van der Waals surface area contributed by atoms with Crippen molar-refractivity contribution in [2.75, 3.05) is 19.5 Å². The topological polar surface area (TPSA) is 61.5 Å². The first kappa shape index (κ1) is 14.9. The number of nitrogens with two attached hydrogens (primary N) is 1. The van der Waals surface area contributed by atoms with E-state index in [1.54, 1.807) is 18.2 Å². The van der Waals surface area contributed by atoms with Crippen LogP contribution in [0, 0.1) is 0 Å². The Kier molecular flexibility index (Phi) is 5.21. The van der Waals surface area contributed by atoms with Gasteiger partial charge in [-0.3, -0.25) is 0 Å². The lowest BCUT2D eigenvalue weighted by Gasteiger charge is -2.10. The van der Waals surface area contributed by atoms with Crippen molar-refractivity contribution in [1.29, 1.82) is 0 Å². The zero-order valence-electron chi connectivity index (χ0n) is 12.0. The lowest BCUT2D eigenvalue weighted by atomic mass is 10.1. The van der Waals surface area contributed by atoms with Crippen LogP contribution in [0.1, 0.15) is 22.3 Å². The highest BCUT2D eigenvalue weighted by molar-refractivity contribution is 5.98. The number of carbonyl (C=O) groups excluding carboxylic acids is 1. The molecule has 110 valence electrons. The normalized spacial score (nSPS) is 10.1. The van der Waals surface area contributed by atoms with Gasteiger partial charge in [-0.15, -0.1) is 0 Å². The molecule has 21 heavy (non-hydrogen) atoms. The molecule has 2 rings (SSSR count). The Labute approximate surface area is 124 Å². The summed E-state index contributed by atoms with van der Waals surface area (Å²) in [5.41, 5.74) is 7.69. The highest BCUT2D eigenvalue weighted by Gasteiger charge is 2.16. The average molecular weight is 285 g/mol. The highest BCUT2D eigenvalue weighted by atomic mass is 16.5. The van der Waals surface area contributed by atoms with Crippen molar-refractivity contribution in [3.8, 4) is 5.75 Å². The molecule has 0 bridgehead atoms. The third kappa shape index (κ3) is 3.99. The Morgan fingerprint density at radius 1 is 1.10 bits per heavy atom. The van der Waals surface area contributed by atoms with Gasteiger partial charge in [0.05, 0.1) is 13.7 Å². The summed E-state index contributed by atoms with van der Waals surface area (Å²) in [6, 6.07) is 15.2. The van der Waals surface area contributed by atoms with Crippen LogP contribution >= 0.6 is 0 Å². The van der Waals surface area contributed by atoms with Crippen LogP contribution < -0.4 is 10.5 Å². The molecule has 0 unspecified atom stereocenters. The van der Waals surface area contributed by atoms with E-state index < -0.39 is 5.97 Å². The molecule has 0 amide bonds. The van der Waals surface area contributed by atoms with Crippen molar-refractivity contribution in [1.82, 2.24) is 0 Å². The van der Waals surface area contributed by atoms with E-state index in [0.29, 0.717) is 23.6 Å². The summed E-state index contributed by atoms with van der Waals surface area (Å²) in [5, 5.41) is 0. The summed E-state index contributed by atoms with van der Waals surface area (Å²) in [6.45, 7) is 0.352. The van der Waals surface area contributed by atoms with E-state index in [1.807, 2.05) is 18.2 Å². The van der Waals surface area contributed by atoms with E-state index >= 15 is 0 Å². The first-order chi connectivity index (χ1) is 10.2. The van der Waals surface area contributed by atoms with Crippen molar-refractivity contribution < 1.29 is 14.3 Å². The fourth-order valence-corrected chi connectivity index (χ4v) is 2.09. The molecule has 0 spiro atoms. The molecule has 0 aliphatic rings. The molecule has 0 aliphatic carbocycles. The third-order valence-electron chi connectivity index (χ3n) is 3.17. The number of aryl methyl sites for hydroxylation is 1. The minimum atomic E-state index is -0.446. The summed E-state index contributed by atoms with van der Waals surface area (Å²) in [5.74, 6) is -0.0129. The van der Waals surface area contributed by atoms with Gasteiger partial charge in [0.25, 0.3) is 0 Å². The van der Waals surface area contributed by atoms with E-state index in [9.17, 15) is 4.79 Å². The summed E-state index contributed by atoms with van der Waals surface area (Å²) >= 11 is 0. The van der Waals surface area contributed by atoms with Crippen molar-refractivity contribution in [2.45, 2.75) is 12.8 Å². The smallest absolute Gasteiger partial charge is 0.344 e. The van der Waals surface area contributed by atoms with E-state index in [-0.39, 0.29) is 0 Å². The average Bonchev–Trinajstić information content (AvgIpc) is 2.52. The molecule has 0 saturated heterocycles. The van der Waals surface area contributed by atoms with Gasteiger partial charge in [0.1, 0.15) is 11.3 Å². The number of esters is 1. The number of hydrogen-bond donors (Lipinski definition) is 1. The number of carbonyl (C=O) groups is 1. The second-order valence-corrected chi connectivity index (χ2v) is 4.65. The first-order valence-electron chi connectivity index (χ1n) is 6.86. The number of methoxy groups -OCH3 is 1. The van der Waals surface area contributed by atoms with Crippen LogP contribution in [-0.4, -0.2) is 19.7 Å². The monoisotopic (exact) mass is 285 g/mol. The van der Waals surface area contributed by atoms with Gasteiger partial charge in [-0.1, -0.05) is 36.4 Å². The fourth-order valence-electron chi connectivity index (χ4n) is 2.09. The molecular weight excluding hydrogens is 266 g/mol. The van der Waals surface area contributed by atoms with Gasteiger partial charge in [0.15, 0.2) is 0 Å². The van der Waals surface area contributed by atoms with Crippen LogP contribution in [0.15, 0.2) is 48.5 Å². The molecule has 0 saturated carbocycles. The summed E-state index contributed by atoms with van der Waals surface area (Å²) in [4.78, 5) is 12.1. The predicted molar refractivity (Wildman–Crippen MR) is 82.5 cm³/mol. The molecule has 0 aromatic heterocycles. The Bertz CT molecular complexity index is 596. The van der Waals surface area contributed by atoms with Crippen LogP contribution in [0.2, 0.25) is 0 Å². The maximum absolute atomic E-state index is 12.1. The lowest BCUT2D eigenvalue weighted by Crippen LogP contribution is -2.11. The molecule has 0 heterocycles. The Hall–Kier alpha value is -2.49. The minimum Gasteiger partial charge on any atom is -0.496 e. The molecule has 0 fully saturated rings. The zero-order valence-corrected chi connectivity index (χ0v) is 12.0. The van der Waals surface area contributed by atoms with E-state index in [0.717, 1.165) is 12.8 Å². The van der Waals surface area contributed by atoms with Gasteiger partial charge in [-0.2, -0.15) is 0 Å². The molecule has 2 N–H and O–H groups in total. The zero-order chi connectivity index (χ0) is 15.1. The van der Waals surface area contributed by atoms with Crippen molar-refractivity contribution in [3.63, 3.8) is 0 Å². The van der Waals surface area contributed by atoms with Crippen LogP contribution in [0.4, 0.5) is 5.69 Å². The number of benzene rings is 2. The molecule has 2 aromatic rings. The Morgan fingerprint density at radius 3 is 2.57 bits per heavy atom. The SMILES string of the molecule is COc1cccc(N)c1C(=O)OCCCc1ccccc1. The van der Waals surface area contributed by atoms with Crippen LogP contribution in [0.5, 0.6) is 5.75 Å². The number of hydrogen-bond acceptors (Lipinski definition) is 4. The van der Waals surface area contributed by atoms with Crippen LogP contribution in [-0.2, 0) is 11.2 Å². The minimum absolute atomic E-state index is 0.291. The van der Waals surface area contributed by atoms with E-state index in [4.69, 9.17) is 15.2 Å². The van der Waals surface area contributed by atoms with Crippen LogP contribution in [0.25, 0.3) is 0 Å². The van der Waals surface area contributed by atoms with Gasteiger partial charge in [-0.25, -0.2) is 4.79 Å². The molecular formula is C17H19NO3. The lowest BCUT2D eigenvalue weighted by molar-refractivity contribution is 0.0498. The molecule has 0 atom stereocenters.